The van der Waals surface area contributed by atoms with Crippen molar-refractivity contribution in [3.05, 3.63) is 0 Å². The van der Waals surface area contributed by atoms with Gasteiger partial charge in [0.05, 0.1) is 0 Å². The maximum absolute atomic E-state index is 12.7. The van der Waals surface area contributed by atoms with Crippen LogP contribution in [-0.2, 0) is 9.59 Å². The van der Waals surface area contributed by atoms with E-state index in [1.807, 2.05) is 20.8 Å². The molecule has 0 heterocycles. The molecule has 0 aromatic rings. The molecule has 18 heavy (non-hydrogen) atoms. The highest BCUT2D eigenvalue weighted by molar-refractivity contribution is 5.86. The second-order valence-corrected chi connectivity index (χ2v) is 5.43. The van der Waals surface area contributed by atoms with Crippen molar-refractivity contribution in [2.75, 3.05) is 6.54 Å². The number of hydrogen-bond donors (Lipinski definition) is 1. The molecule has 1 rings (SSSR count). The third-order valence-corrected chi connectivity index (χ3v) is 4.38. The predicted molar refractivity (Wildman–Crippen MR) is 70.3 cm³/mol. The number of hydrogen-bond acceptors (Lipinski definition) is 2. The van der Waals surface area contributed by atoms with E-state index in [0.29, 0.717) is 0 Å². The van der Waals surface area contributed by atoms with Gasteiger partial charge in [0.2, 0.25) is 5.91 Å². The summed E-state index contributed by atoms with van der Waals surface area (Å²) in [6.45, 7) is 5.79. The van der Waals surface area contributed by atoms with Gasteiger partial charge in [0.25, 0.3) is 0 Å². The first kappa shape index (κ1) is 15.0. The predicted octanol–water partition coefficient (Wildman–Crippen LogP) is 2.67. The van der Waals surface area contributed by atoms with E-state index in [1.54, 1.807) is 4.90 Å². The van der Waals surface area contributed by atoms with E-state index in [9.17, 15) is 9.59 Å². The molecule has 0 aromatic carbocycles. The van der Waals surface area contributed by atoms with Gasteiger partial charge in [-0.15, -0.1) is 0 Å². The van der Waals surface area contributed by atoms with Crippen LogP contribution >= 0.6 is 0 Å². The van der Waals surface area contributed by atoms with E-state index >= 15 is 0 Å². The average Bonchev–Trinajstić information content (AvgIpc) is 2.84. The van der Waals surface area contributed by atoms with Gasteiger partial charge in [-0.1, -0.05) is 26.7 Å². The first-order valence-electron chi connectivity index (χ1n) is 6.99. The smallest absolute Gasteiger partial charge is 0.323 e. The molecule has 1 amide bonds. The third-order valence-electron chi connectivity index (χ3n) is 4.38. The molecule has 1 N–H and O–H groups in total. The van der Waals surface area contributed by atoms with Gasteiger partial charge < -0.3 is 10.0 Å². The van der Waals surface area contributed by atoms with Crippen LogP contribution < -0.4 is 0 Å². The molecule has 104 valence electrons. The maximum Gasteiger partial charge on any atom is 0.323 e. The Morgan fingerprint density at radius 3 is 2.22 bits per heavy atom. The van der Waals surface area contributed by atoms with Crippen molar-refractivity contribution in [1.29, 1.82) is 0 Å². The quantitative estimate of drug-likeness (QED) is 0.793. The van der Waals surface area contributed by atoms with Crippen molar-refractivity contribution in [2.24, 2.45) is 5.41 Å². The van der Waals surface area contributed by atoms with Crippen LogP contribution in [0, 0.1) is 5.41 Å². The zero-order valence-corrected chi connectivity index (χ0v) is 11.7. The zero-order valence-electron chi connectivity index (χ0n) is 11.7. The van der Waals surface area contributed by atoms with Crippen LogP contribution in [0.25, 0.3) is 0 Å². The largest absolute Gasteiger partial charge is 0.480 e. The number of aliphatic carboxylic acids is 1. The lowest BCUT2D eigenvalue weighted by atomic mass is 9.81. The van der Waals surface area contributed by atoms with Crippen molar-refractivity contribution in [3.8, 4) is 0 Å². The Morgan fingerprint density at radius 2 is 1.83 bits per heavy atom. The Kier molecular flexibility index (Phi) is 5.17. The van der Waals surface area contributed by atoms with Gasteiger partial charge in [0.15, 0.2) is 0 Å². The van der Waals surface area contributed by atoms with Crippen molar-refractivity contribution < 1.29 is 14.7 Å². The van der Waals surface area contributed by atoms with Crippen LogP contribution in [-0.4, -0.2) is 34.5 Å². The average molecular weight is 255 g/mol. The summed E-state index contributed by atoms with van der Waals surface area (Å²) < 4.78 is 0. The van der Waals surface area contributed by atoms with Gasteiger partial charge in [-0.05, 0) is 32.6 Å². The summed E-state index contributed by atoms with van der Waals surface area (Å²) >= 11 is 0. The standard InChI is InChI=1S/C14H25NO3/c1-4-11(3)15(10-12(16)17)13(18)14(5-2)8-6-7-9-14/h11H,4-10H2,1-3H3,(H,16,17). The molecule has 1 fully saturated rings. The summed E-state index contributed by atoms with van der Waals surface area (Å²) in [6.07, 6.45) is 5.60. The second kappa shape index (κ2) is 6.21. The Balaban J connectivity index is 2.89. The minimum absolute atomic E-state index is 0.00220. The topological polar surface area (TPSA) is 57.6 Å². The number of carboxylic acid groups (broad SMARTS) is 1. The molecule has 1 unspecified atom stereocenters. The van der Waals surface area contributed by atoms with Crippen molar-refractivity contribution >= 4 is 11.9 Å². The molecule has 1 saturated carbocycles. The molecule has 1 atom stereocenters. The first-order valence-corrected chi connectivity index (χ1v) is 6.99. The van der Waals surface area contributed by atoms with Gasteiger partial charge in [-0.3, -0.25) is 9.59 Å². The van der Waals surface area contributed by atoms with Crippen molar-refractivity contribution in [1.82, 2.24) is 4.90 Å². The molecule has 0 saturated heterocycles. The molecular weight excluding hydrogens is 230 g/mol. The lowest BCUT2D eigenvalue weighted by molar-refractivity contribution is -0.152. The maximum atomic E-state index is 12.7. The molecule has 1 aliphatic rings. The summed E-state index contributed by atoms with van der Waals surface area (Å²) in [5, 5.41) is 8.98. The Bertz CT molecular complexity index is 308. The minimum atomic E-state index is -0.923. The van der Waals surface area contributed by atoms with E-state index in [2.05, 4.69) is 0 Å². The Hall–Kier alpha value is -1.06. The van der Waals surface area contributed by atoms with E-state index in [4.69, 9.17) is 5.11 Å². The number of nitrogens with zero attached hydrogens (tertiary/aromatic N) is 1. The molecular formula is C14H25NO3. The van der Waals surface area contributed by atoms with E-state index in [1.165, 1.54) is 0 Å². The highest BCUT2D eigenvalue weighted by Crippen LogP contribution is 2.42. The molecule has 0 aliphatic heterocycles. The van der Waals surface area contributed by atoms with Crippen LogP contribution in [0.1, 0.15) is 59.3 Å². The van der Waals surface area contributed by atoms with Crippen molar-refractivity contribution in [3.63, 3.8) is 0 Å². The first-order chi connectivity index (χ1) is 8.46. The summed E-state index contributed by atoms with van der Waals surface area (Å²) in [5.41, 5.74) is -0.293. The van der Waals surface area contributed by atoms with Gasteiger partial charge in [-0.2, -0.15) is 0 Å². The number of rotatable bonds is 6. The lowest BCUT2D eigenvalue weighted by Crippen LogP contribution is -2.48. The normalized spacial score (nSPS) is 19.5. The van der Waals surface area contributed by atoms with Gasteiger partial charge >= 0.3 is 5.97 Å². The summed E-state index contributed by atoms with van der Waals surface area (Å²) in [4.78, 5) is 25.2. The fraction of sp³-hybridized carbons (Fsp3) is 0.857. The molecule has 1 aliphatic carbocycles. The van der Waals surface area contributed by atoms with Crippen LogP contribution in [0.3, 0.4) is 0 Å². The van der Waals surface area contributed by atoms with Gasteiger partial charge in [0.1, 0.15) is 6.54 Å². The molecule has 0 radical (unpaired) electrons. The number of carboxylic acids is 1. The molecule has 0 aromatic heterocycles. The fourth-order valence-corrected chi connectivity index (χ4v) is 2.87. The van der Waals surface area contributed by atoms with E-state index < -0.39 is 5.97 Å². The van der Waals surface area contributed by atoms with E-state index in [-0.39, 0.29) is 23.9 Å². The fourth-order valence-electron chi connectivity index (χ4n) is 2.87. The van der Waals surface area contributed by atoms with Gasteiger partial charge in [-0.25, -0.2) is 0 Å². The van der Waals surface area contributed by atoms with E-state index in [0.717, 1.165) is 38.5 Å². The van der Waals surface area contributed by atoms with Crippen LogP contribution in [0.4, 0.5) is 0 Å². The zero-order chi connectivity index (χ0) is 13.8. The van der Waals surface area contributed by atoms with Crippen LogP contribution in [0.5, 0.6) is 0 Å². The summed E-state index contributed by atoms with van der Waals surface area (Å²) in [5.74, 6) is -0.868. The highest BCUT2D eigenvalue weighted by atomic mass is 16.4. The molecule has 4 nitrogen and oxygen atoms in total. The summed E-state index contributed by atoms with van der Waals surface area (Å²) in [7, 11) is 0. The van der Waals surface area contributed by atoms with Crippen LogP contribution in [0.15, 0.2) is 0 Å². The number of amides is 1. The molecule has 0 bridgehead atoms. The molecule has 0 spiro atoms. The van der Waals surface area contributed by atoms with Gasteiger partial charge in [0, 0.05) is 11.5 Å². The number of carbonyl (C=O) groups is 2. The van der Waals surface area contributed by atoms with Crippen LogP contribution in [0.2, 0.25) is 0 Å². The molecule has 4 heteroatoms. The van der Waals surface area contributed by atoms with Crippen molar-refractivity contribution in [2.45, 2.75) is 65.3 Å². The Morgan fingerprint density at radius 1 is 1.28 bits per heavy atom. The minimum Gasteiger partial charge on any atom is -0.480 e. The highest BCUT2D eigenvalue weighted by Gasteiger charge is 2.43. The number of carbonyl (C=O) groups excluding carboxylic acids is 1. The lowest BCUT2D eigenvalue weighted by Gasteiger charge is -2.36. The Labute approximate surface area is 109 Å². The summed E-state index contributed by atoms with van der Waals surface area (Å²) in [6, 6.07) is -0.00220. The SMILES string of the molecule is CCC(C)N(CC(=O)O)C(=O)C1(CC)CCCC1. The third kappa shape index (κ3) is 3.03. The second-order valence-electron chi connectivity index (χ2n) is 5.43. The monoisotopic (exact) mass is 255 g/mol.